The molecule has 9 heteroatoms. The molecular weight excluding hydrogens is 294 g/mol. The average Bonchev–Trinajstić information content (AvgIpc) is 2.94. The summed E-state index contributed by atoms with van der Waals surface area (Å²) in [5.41, 5.74) is 1.27. The third-order valence-electron chi connectivity index (χ3n) is 2.89. The number of nitrogens with zero attached hydrogens (tertiary/aromatic N) is 3. The van der Waals surface area contributed by atoms with Crippen molar-refractivity contribution in [2.75, 3.05) is 12.4 Å². The SMILES string of the molecule is CNc1nnc(C(=O)NCc2cccc([N+](=O)[O-])c2C)s1. The summed E-state index contributed by atoms with van der Waals surface area (Å²) in [7, 11) is 1.69. The Morgan fingerprint density at radius 2 is 2.19 bits per heavy atom. The number of carbonyl (C=O) groups is 1. The Morgan fingerprint density at radius 1 is 1.43 bits per heavy atom. The van der Waals surface area contributed by atoms with Gasteiger partial charge in [0, 0.05) is 25.2 Å². The van der Waals surface area contributed by atoms with Crippen LogP contribution in [0.1, 0.15) is 20.9 Å². The van der Waals surface area contributed by atoms with Crippen molar-refractivity contribution in [1.29, 1.82) is 0 Å². The van der Waals surface area contributed by atoms with Gasteiger partial charge in [0.25, 0.3) is 11.6 Å². The molecule has 0 atom stereocenters. The van der Waals surface area contributed by atoms with Crippen molar-refractivity contribution in [1.82, 2.24) is 15.5 Å². The number of benzene rings is 1. The number of hydrogen-bond donors (Lipinski definition) is 2. The van der Waals surface area contributed by atoms with E-state index >= 15 is 0 Å². The van der Waals surface area contributed by atoms with Gasteiger partial charge in [-0.3, -0.25) is 14.9 Å². The molecule has 0 spiro atoms. The van der Waals surface area contributed by atoms with Crippen molar-refractivity contribution in [3.05, 3.63) is 44.4 Å². The van der Waals surface area contributed by atoms with E-state index in [4.69, 9.17) is 0 Å². The summed E-state index contributed by atoms with van der Waals surface area (Å²) in [4.78, 5) is 22.3. The summed E-state index contributed by atoms with van der Waals surface area (Å²) >= 11 is 1.13. The van der Waals surface area contributed by atoms with E-state index in [2.05, 4.69) is 20.8 Å². The second-order valence-electron chi connectivity index (χ2n) is 4.16. The minimum absolute atomic E-state index is 0.0372. The van der Waals surface area contributed by atoms with Gasteiger partial charge in [0.1, 0.15) is 0 Å². The quantitative estimate of drug-likeness (QED) is 0.643. The number of rotatable bonds is 5. The fourth-order valence-corrected chi connectivity index (χ4v) is 2.34. The van der Waals surface area contributed by atoms with E-state index in [-0.39, 0.29) is 23.1 Å². The number of nitrogens with one attached hydrogen (secondary N) is 2. The van der Waals surface area contributed by atoms with Gasteiger partial charge in [-0.15, -0.1) is 10.2 Å². The molecule has 0 saturated carbocycles. The number of hydrogen-bond acceptors (Lipinski definition) is 7. The van der Waals surface area contributed by atoms with Crippen LogP contribution in [0, 0.1) is 17.0 Å². The van der Waals surface area contributed by atoms with E-state index in [1.54, 1.807) is 26.1 Å². The summed E-state index contributed by atoms with van der Waals surface area (Å²) in [5, 5.41) is 24.6. The number of anilines is 1. The Bertz CT molecular complexity index is 685. The van der Waals surface area contributed by atoms with Crippen LogP contribution < -0.4 is 10.6 Å². The van der Waals surface area contributed by atoms with E-state index in [1.165, 1.54) is 6.07 Å². The molecular formula is C12H13N5O3S. The van der Waals surface area contributed by atoms with Gasteiger partial charge in [0.15, 0.2) is 0 Å². The van der Waals surface area contributed by atoms with Crippen LogP contribution >= 0.6 is 11.3 Å². The highest BCUT2D eigenvalue weighted by atomic mass is 32.1. The summed E-state index contributed by atoms with van der Waals surface area (Å²) in [6, 6.07) is 4.77. The third-order valence-corrected chi connectivity index (χ3v) is 3.83. The number of aromatic nitrogens is 2. The second-order valence-corrected chi connectivity index (χ2v) is 5.14. The van der Waals surface area contributed by atoms with Gasteiger partial charge in [0.2, 0.25) is 10.1 Å². The van der Waals surface area contributed by atoms with E-state index in [0.29, 0.717) is 16.3 Å². The molecule has 2 aromatic rings. The zero-order chi connectivity index (χ0) is 15.4. The molecule has 0 saturated heterocycles. The summed E-state index contributed by atoms with van der Waals surface area (Å²) in [6.45, 7) is 1.85. The highest BCUT2D eigenvalue weighted by molar-refractivity contribution is 7.17. The lowest BCUT2D eigenvalue weighted by Crippen LogP contribution is -2.23. The van der Waals surface area contributed by atoms with E-state index in [0.717, 1.165) is 11.3 Å². The Morgan fingerprint density at radius 3 is 2.81 bits per heavy atom. The summed E-state index contributed by atoms with van der Waals surface area (Å²) in [6.07, 6.45) is 0. The molecule has 0 radical (unpaired) electrons. The minimum atomic E-state index is -0.440. The maximum Gasteiger partial charge on any atom is 0.282 e. The minimum Gasteiger partial charge on any atom is -0.363 e. The maximum absolute atomic E-state index is 11.9. The lowest BCUT2D eigenvalue weighted by atomic mass is 10.1. The van der Waals surface area contributed by atoms with Crippen LogP contribution in [0.5, 0.6) is 0 Å². The lowest BCUT2D eigenvalue weighted by Gasteiger charge is -2.06. The van der Waals surface area contributed by atoms with Gasteiger partial charge in [0.05, 0.1) is 4.92 Å². The van der Waals surface area contributed by atoms with Crippen molar-refractivity contribution < 1.29 is 9.72 Å². The number of amides is 1. The molecule has 1 aromatic carbocycles. The number of carbonyl (C=O) groups excluding carboxylic acids is 1. The zero-order valence-corrected chi connectivity index (χ0v) is 12.2. The molecule has 8 nitrogen and oxygen atoms in total. The molecule has 2 N–H and O–H groups in total. The molecule has 1 aromatic heterocycles. The lowest BCUT2D eigenvalue weighted by molar-refractivity contribution is -0.385. The standard InChI is InChI=1S/C12H13N5O3S/c1-7-8(4-3-5-9(7)17(19)20)6-14-10(18)11-15-16-12(13-2)21-11/h3-5H,6H2,1-2H3,(H,13,16)(H,14,18). The molecule has 1 heterocycles. The first-order chi connectivity index (χ1) is 10.0. The van der Waals surface area contributed by atoms with Gasteiger partial charge in [-0.25, -0.2) is 0 Å². The van der Waals surface area contributed by atoms with Gasteiger partial charge in [-0.1, -0.05) is 23.5 Å². The van der Waals surface area contributed by atoms with Crippen LogP contribution in [-0.4, -0.2) is 28.1 Å². The van der Waals surface area contributed by atoms with Gasteiger partial charge < -0.3 is 10.6 Å². The van der Waals surface area contributed by atoms with Crippen LogP contribution in [0.3, 0.4) is 0 Å². The summed E-state index contributed by atoms with van der Waals surface area (Å²) < 4.78 is 0. The third kappa shape index (κ3) is 3.31. The van der Waals surface area contributed by atoms with Crippen molar-refractivity contribution in [2.24, 2.45) is 0 Å². The van der Waals surface area contributed by atoms with E-state index < -0.39 is 4.92 Å². The van der Waals surface area contributed by atoms with Crippen molar-refractivity contribution in [3.63, 3.8) is 0 Å². The topological polar surface area (TPSA) is 110 Å². The number of nitro benzene ring substituents is 1. The highest BCUT2D eigenvalue weighted by Gasteiger charge is 2.15. The molecule has 0 fully saturated rings. The highest BCUT2D eigenvalue weighted by Crippen LogP contribution is 2.21. The second kappa shape index (κ2) is 6.27. The first-order valence-electron chi connectivity index (χ1n) is 6.05. The molecule has 0 aliphatic heterocycles. The Hall–Kier alpha value is -2.55. The first-order valence-corrected chi connectivity index (χ1v) is 6.87. The molecule has 0 aliphatic carbocycles. The molecule has 0 aliphatic rings. The van der Waals surface area contributed by atoms with E-state index in [1.807, 2.05) is 0 Å². The fraction of sp³-hybridized carbons (Fsp3) is 0.250. The predicted molar refractivity (Wildman–Crippen MR) is 78.5 cm³/mol. The smallest absolute Gasteiger partial charge is 0.282 e. The van der Waals surface area contributed by atoms with Crippen LogP contribution in [0.4, 0.5) is 10.8 Å². The van der Waals surface area contributed by atoms with Crippen molar-refractivity contribution in [3.8, 4) is 0 Å². The largest absolute Gasteiger partial charge is 0.363 e. The first kappa shape index (κ1) is 14.9. The van der Waals surface area contributed by atoms with Gasteiger partial charge >= 0.3 is 0 Å². The van der Waals surface area contributed by atoms with Crippen LogP contribution in [0.15, 0.2) is 18.2 Å². The van der Waals surface area contributed by atoms with Gasteiger partial charge in [-0.05, 0) is 12.5 Å². The van der Waals surface area contributed by atoms with Crippen molar-refractivity contribution >= 4 is 28.1 Å². The Balaban J connectivity index is 2.08. The van der Waals surface area contributed by atoms with Crippen LogP contribution in [-0.2, 0) is 6.54 Å². The van der Waals surface area contributed by atoms with Crippen LogP contribution in [0.25, 0.3) is 0 Å². The predicted octanol–water partition coefficient (Wildman–Crippen LogP) is 1.73. The molecule has 2 rings (SSSR count). The average molecular weight is 307 g/mol. The molecule has 1 amide bonds. The normalized spacial score (nSPS) is 10.2. The van der Waals surface area contributed by atoms with Crippen LogP contribution in [0.2, 0.25) is 0 Å². The maximum atomic E-state index is 11.9. The molecule has 21 heavy (non-hydrogen) atoms. The monoisotopic (exact) mass is 307 g/mol. The Kier molecular flexibility index (Phi) is 4.43. The molecule has 110 valence electrons. The van der Waals surface area contributed by atoms with Gasteiger partial charge in [-0.2, -0.15) is 0 Å². The van der Waals surface area contributed by atoms with Crippen molar-refractivity contribution in [2.45, 2.75) is 13.5 Å². The summed E-state index contributed by atoms with van der Waals surface area (Å²) in [5.74, 6) is -0.361. The van der Waals surface area contributed by atoms with E-state index in [9.17, 15) is 14.9 Å². The fourth-order valence-electron chi connectivity index (χ4n) is 1.73. The zero-order valence-electron chi connectivity index (χ0n) is 11.4. The Labute approximate surface area is 124 Å². The molecule has 0 unspecified atom stereocenters. The molecule has 0 bridgehead atoms. The number of nitro groups is 1.